The number of carbonyl (C=O) groups is 1. The van der Waals surface area contributed by atoms with E-state index in [9.17, 15) is 4.79 Å². The summed E-state index contributed by atoms with van der Waals surface area (Å²) in [5.41, 5.74) is 3.72. The van der Waals surface area contributed by atoms with Crippen LogP contribution in [0.3, 0.4) is 0 Å². The van der Waals surface area contributed by atoms with Crippen LogP contribution in [0.25, 0.3) is 6.08 Å². The molecule has 4 nitrogen and oxygen atoms in total. The summed E-state index contributed by atoms with van der Waals surface area (Å²) in [5, 5.41) is 0. The van der Waals surface area contributed by atoms with Gasteiger partial charge in [-0.05, 0) is 0 Å². The number of aliphatic imine (C=N–C) groups is 1. The van der Waals surface area contributed by atoms with Crippen molar-refractivity contribution < 1.29 is 9.53 Å². The summed E-state index contributed by atoms with van der Waals surface area (Å²) in [6.07, 6.45) is 1.86. The molecule has 0 spiro atoms. The van der Waals surface area contributed by atoms with E-state index in [4.69, 9.17) is 9.73 Å². The summed E-state index contributed by atoms with van der Waals surface area (Å²) in [5.74, 6) is 0.765. The second-order valence-corrected chi connectivity index (χ2v) is 9.40. The van der Waals surface area contributed by atoms with Crippen LogP contribution in [0, 0.1) is 6.92 Å². The van der Waals surface area contributed by atoms with Crippen molar-refractivity contribution in [1.82, 2.24) is 4.90 Å². The number of ether oxygens (including phenoxy) is 1. The molecule has 1 aliphatic rings. The Morgan fingerprint density at radius 3 is 2.35 bits per heavy atom. The van der Waals surface area contributed by atoms with Crippen LogP contribution in [0.5, 0.6) is 5.75 Å². The molecule has 3 aromatic carbocycles. The van der Waals surface area contributed by atoms with E-state index in [1.54, 1.807) is 0 Å². The van der Waals surface area contributed by atoms with Crippen molar-refractivity contribution in [2.24, 2.45) is 4.99 Å². The van der Waals surface area contributed by atoms with Gasteiger partial charge in [-0.3, -0.25) is 0 Å². The first-order chi connectivity index (χ1) is 15.1. The van der Waals surface area contributed by atoms with Crippen molar-refractivity contribution in [3.63, 3.8) is 0 Å². The molecule has 0 N–H and O–H groups in total. The first kappa shape index (κ1) is 21.1. The first-order valence-corrected chi connectivity index (χ1v) is 12.0. The zero-order valence-corrected chi connectivity index (χ0v) is 19.3. The quantitative estimate of drug-likeness (QED) is 0.381. The molecule has 4 rings (SSSR count). The summed E-state index contributed by atoms with van der Waals surface area (Å²) < 4.78 is 7.54. The Hall–Kier alpha value is -3.14. The molecule has 3 aromatic rings. The van der Waals surface area contributed by atoms with Gasteiger partial charge >= 0.3 is 190 Å². The molecule has 0 unspecified atom stereocenters. The molecule has 0 saturated heterocycles. The van der Waals surface area contributed by atoms with Gasteiger partial charge in [-0.1, -0.05) is 0 Å². The van der Waals surface area contributed by atoms with Gasteiger partial charge in [0.15, 0.2) is 0 Å². The monoisotopic (exact) mass is 476 g/mol. The third-order valence-corrected chi connectivity index (χ3v) is 6.92. The Labute approximate surface area is 189 Å². The third kappa shape index (κ3) is 5.32. The zero-order valence-electron chi connectivity index (χ0n) is 17.6. The molecule has 1 amide bonds. The van der Waals surface area contributed by atoms with Gasteiger partial charge in [0.25, 0.3) is 0 Å². The average molecular weight is 475 g/mol. The van der Waals surface area contributed by atoms with Crippen LogP contribution in [0.1, 0.15) is 23.6 Å². The summed E-state index contributed by atoms with van der Waals surface area (Å²) in [6.45, 7) is 5.18. The molecule has 0 fully saturated rings. The van der Waals surface area contributed by atoms with E-state index in [-0.39, 0.29) is 20.9 Å². The molecule has 0 radical (unpaired) electrons. The number of nitrogens with zero attached hydrogens (tertiary/aromatic N) is 2. The summed E-state index contributed by atoms with van der Waals surface area (Å²) >= 11 is -0.0629. The van der Waals surface area contributed by atoms with E-state index in [0.717, 1.165) is 21.6 Å². The van der Waals surface area contributed by atoms with Crippen LogP contribution in [-0.2, 0) is 11.3 Å². The van der Waals surface area contributed by atoms with Gasteiger partial charge in [0.05, 0.1) is 0 Å². The predicted molar refractivity (Wildman–Crippen MR) is 127 cm³/mol. The van der Waals surface area contributed by atoms with Gasteiger partial charge in [-0.2, -0.15) is 0 Å². The van der Waals surface area contributed by atoms with Crippen LogP contribution in [0.15, 0.2) is 89.6 Å². The van der Waals surface area contributed by atoms with Gasteiger partial charge in [0.2, 0.25) is 0 Å². The Kier molecular flexibility index (Phi) is 6.66. The fourth-order valence-electron chi connectivity index (χ4n) is 3.21. The second-order valence-electron chi connectivity index (χ2n) is 7.22. The van der Waals surface area contributed by atoms with Crippen molar-refractivity contribution in [2.75, 3.05) is 6.61 Å². The van der Waals surface area contributed by atoms with Crippen molar-refractivity contribution in [3.8, 4) is 5.75 Å². The third-order valence-electron chi connectivity index (χ3n) is 4.82. The van der Waals surface area contributed by atoms with Gasteiger partial charge in [-0.25, -0.2) is 0 Å². The predicted octanol–water partition coefficient (Wildman–Crippen LogP) is 4.16. The fourth-order valence-corrected chi connectivity index (χ4v) is 5.07. The van der Waals surface area contributed by atoms with E-state index in [0.29, 0.717) is 18.8 Å². The SMILES string of the molecule is CCOc1ccc(/C=C2\N=C([Se]c3ccc(C)cc3)N(Cc3ccccc3)C2=O)cc1. The van der Waals surface area contributed by atoms with E-state index in [2.05, 4.69) is 31.2 Å². The van der Waals surface area contributed by atoms with E-state index in [1.165, 1.54) is 10.0 Å². The fraction of sp³-hybridized carbons (Fsp3) is 0.154. The van der Waals surface area contributed by atoms with E-state index >= 15 is 0 Å². The average Bonchev–Trinajstić information content (AvgIpc) is 3.06. The molecule has 0 saturated carbocycles. The van der Waals surface area contributed by atoms with Crippen molar-refractivity contribution in [2.45, 2.75) is 20.4 Å². The maximum atomic E-state index is 13.3. The standard InChI is InChI=1S/C26H24N2O2Se/c1-3-30-22-13-11-20(12-14-22)17-24-25(29)28(18-21-7-5-4-6-8-21)26(27-24)31-23-15-9-19(2)10-16-23/h4-17H,3,18H2,1-2H3/b24-17-. The van der Waals surface area contributed by atoms with Crippen LogP contribution in [0.4, 0.5) is 0 Å². The molecule has 0 aliphatic carbocycles. The Balaban J connectivity index is 1.62. The first-order valence-electron chi connectivity index (χ1n) is 10.3. The normalized spacial score (nSPS) is 14.8. The minimum absolute atomic E-state index is 0.0540. The van der Waals surface area contributed by atoms with Crippen molar-refractivity contribution in [3.05, 3.63) is 101 Å². The number of aryl methyl sites for hydroxylation is 1. The topological polar surface area (TPSA) is 41.9 Å². The molecule has 31 heavy (non-hydrogen) atoms. The molecular weight excluding hydrogens is 451 g/mol. The van der Waals surface area contributed by atoms with E-state index in [1.807, 2.05) is 72.5 Å². The summed E-state index contributed by atoms with van der Waals surface area (Å²) in [6, 6.07) is 26.2. The molecule has 0 atom stereocenters. The molecule has 1 heterocycles. The number of hydrogen-bond donors (Lipinski definition) is 0. The Morgan fingerprint density at radius 1 is 0.968 bits per heavy atom. The number of amides is 1. The Bertz CT molecular complexity index is 1100. The molecule has 5 heteroatoms. The number of rotatable bonds is 7. The van der Waals surface area contributed by atoms with Gasteiger partial charge in [0, 0.05) is 0 Å². The number of carbonyl (C=O) groups excluding carboxylic acids is 1. The maximum absolute atomic E-state index is 13.3. The minimum atomic E-state index is -0.0629. The molecular formula is C26H24N2O2Se. The van der Waals surface area contributed by atoms with Crippen LogP contribution in [0.2, 0.25) is 0 Å². The van der Waals surface area contributed by atoms with Gasteiger partial charge in [0.1, 0.15) is 0 Å². The van der Waals surface area contributed by atoms with Crippen molar-refractivity contribution >= 4 is 36.1 Å². The zero-order chi connectivity index (χ0) is 21.6. The van der Waals surface area contributed by atoms with Crippen LogP contribution < -0.4 is 9.20 Å². The number of benzene rings is 3. The van der Waals surface area contributed by atoms with Crippen molar-refractivity contribution in [1.29, 1.82) is 0 Å². The molecule has 0 bridgehead atoms. The summed E-state index contributed by atoms with van der Waals surface area (Å²) in [4.78, 5) is 19.9. The molecule has 1 aliphatic heterocycles. The Morgan fingerprint density at radius 2 is 1.68 bits per heavy atom. The van der Waals surface area contributed by atoms with Crippen LogP contribution >= 0.6 is 0 Å². The molecule has 0 aromatic heterocycles. The number of amidine groups is 1. The number of hydrogen-bond acceptors (Lipinski definition) is 3. The van der Waals surface area contributed by atoms with E-state index < -0.39 is 0 Å². The summed E-state index contributed by atoms with van der Waals surface area (Å²) in [7, 11) is 0. The van der Waals surface area contributed by atoms with Gasteiger partial charge < -0.3 is 0 Å². The molecule has 156 valence electrons. The van der Waals surface area contributed by atoms with Crippen LogP contribution in [-0.4, -0.2) is 37.1 Å². The second kappa shape index (κ2) is 9.78. The van der Waals surface area contributed by atoms with Gasteiger partial charge in [-0.15, -0.1) is 0 Å².